The van der Waals surface area contributed by atoms with Crippen molar-refractivity contribution in [1.29, 1.82) is 0 Å². The van der Waals surface area contributed by atoms with E-state index in [2.05, 4.69) is 54.3 Å². The monoisotopic (exact) mass is 363 g/mol. The van der Waals surface area contributed by atoms with Gasteiger partial charge >= 0.3 is 0 Å². The van der Waals surface area contributed by atoms with Crippen LogP contribution >= 0.6 is 0 Å². The number of fused-ring (bicyclic) bond motifs is 1. The summed E-state index contributed by atoms with van der Waals surface area (Å²) in [4.78, 5) is 2.55. The molecular formula is C20H25N7. The zero-order valence-corrected chi connectivity index (χ0v) is 15.5. The van der Waals surface area contributed by atoms with Crippen molar-refractivity contribution in [2.24, 2.45) is 0 Å². The topological polar surface area (TPSA) is 63.8 Å². The standard InChI is InChI=1S/C20H25N7/c1-8-22-27(10-1)18-4-2-16(3-5-18)15-25-11-6-17(7-12-25)20-24-23-19-14-21-9-13-26(19)20/h1-5,8,10,17,21H,6-7,9,11-15H2. The third kappa shape index (κ3) is 3.40. The Kier molecular flexibility index (Phi) is 4.47. The summed E-state index contributed by atoms with van der Waals surface area (Å²) in [7, 11) is 0. The van der Waals surface area contributed by atoms with Gasteiger partial charge in [0, 0.05) is 37.9 Å². The second kappa shape index (κ2) is 7.25. The fourth-order valence-corrected chi connectivity index (χ4v) is 4.20. The van der Waals surface area contributed by atoms with E-state index < -0.39 is 0 Å². The van der Waals surface area contributed by atoms with Gasteiger partial charge in [0.05, 0.1) is 12.2 Å². The van der Waals surface area contributed by atoms with Crippen molar-refractivity contribution in [1.82, 2.24) is 34.8 Å². The first-order chi connectivity index (χ1) is 13.4. The van der Waals surface area contributed by atoms with Gasteiger partial charge in [-0.3, -0.25) is 4.90 Å². The molecule has 0 spiro atoms. The number of benzene rings is 1. The van der Waals surface area contributed by atoms with Crippen LogP contribution in [-0.4, -0.2) is 49.1 Å². The molecule has 0 bridgehead atoms. The molecule has 7 heteroatoms. The Morgan fingerprint density at radius 3 is 2.67 bits per heavy atom. The number of piperidine rings is 1. The Bertz CT molecular complexity index is 874. The number of nitrogens with one attached hydrogen (secondary N) is 1. The number of aromatic nitrogens is 5. The molecule has 0 radical (unpaired) electrons. The van der Waals surface area contributed by atoms with Gasteiger partial charge in [0.25, 0.3) is 0 Å². The van der Waals surface area contributed by atoms with Crippen LogP contribution < -0.4 is 5.32 Å². The molecular weight excluding hydrogens is 338 g/mol. The summed E-state index contributed by atoms with van der Waals surface area (Å²) in [6.07, 6.45) is 6.11. The molecule has 0 saturated carbocycles. The molecule has 1 fully saturated rings. The van der Waals surface area contributed by atoms with Crippen LogP contribution in [0.15, 0.2) is 42.7 Å². The van der Waals surface area contributed by atoms with Crippen LogP contribution in [0.3, 0.4) is 0 Å². The van der Waals surface area contributed by atoms with Crippen LogP contribution in [0.2, 0.25) is 0 Å². The van der Waals surface area contributed by atoms with E-state index >= 15 is 0 Å². The van der Waals surface area contributed by atoms with Gasteiger partial charge in [-0.05, 0) is 49.7 Å². The number of likely N-dealkylation sites (tertiary alicyclic amines) is 1. The van der Waals surface area contributed by atoms with Gasteiger partial charge in [-0.1, -0.05) is 12.1 Å². The van der Waals surface area contributed by atoms with Crippen molar-refractivity contribution in [3.63, 3.8) is 0 Å². The molecule has 27 heavy (non-hydrogen) atoms. The van der Waals surface area contributed by atoms with Crippen molar-refractivity contribution in [3.8, 4) is 5.69 Å². The first kappa shape index (κ1) is 16.6. The van der Waals surface area contributed by atoms with Crippen LogP contribution in [0.5, 0.6) is 0 Å². The highest BCUT2D eigenvalue weighted by Crippen LogP contribution is 2.28. The van der Waals surface area contributed by atoms with Crippen molar-refractivity contribution in [2.45, 2.75) is 38.4 Å². The van der Waals surface area contributed by atoms with E-state index in [1.165, 1.54) is 11.4 Å². The van der Waals surface area contributed by atoms with Crippen LogP contribution in [0.25, 0.3) is 5.69 Å². The van der Waals surface area contributed by atoms with Gasteiger partial charge in [-0.25, -0.2) is 4.68 Å². The lowest BCUT2D eigenvalue weighted by Crippen LogP contribution is -2.34. The molecule has 1 aromatic carbocycles. The van der Waals surface area contributed by atoms with Crippen molar-refractivity contribution in [3.05, 3.63) is 59.9 Å². The maximum atomic E-state index is 4.51. The molecule has 0 atom stereocenters. The molecule has 2 aliphatic rings. The minimum Gasteiger partial charge on any atom is -0.312 e. The molecule has 0 aliphatic carbocycles. The third-order valence-electron chi connectivity index (χ3n) is 5.72. The predicted molar refractivity (Wildman–Crippen MR) is 103 cm³/mol. The Hall–Kier alpha value is -2.51. The fraction of sp³-hybridized carbons (Fsp3) is 0.450. The lowest BCUT2D eigenvalue weighted by atomic mass is 9.95. The number of nitrogens with zero attached hydrogens (tertiary/aromatic N) is 6. The Morgan fingerprint density at radius 2 is 1.89 bits per heavy atom. The van der Waals surface area contributed by atoms with Gasteiger partial charge in [0.1, 0.15) is 11.6 Å². The van der Waals surface area contributed by atoms with E-state index in [0.717, 1.165) is 63.6 Å². The molecule has 1 N–H and O–H groups in total. The van der Waals surface area contributed by atoms with E-state index in [9.17, 15) is 0 Å². The summed E-state index contributed by atoms with van der Waals surface area (Å²) >= 11 is 0. The number of hydrogen-bond donors (Lipinski definition) is 1. The fourth-order valence-electron chi connectivity index (χ4n) is 4.20. The summed E-state index contributed by atoms with van der Waals surface area (Å²) in [6.45, 7) is 6.11. The summed E-state index contributed by atoms with van der Waals surface area (Å²) < 4.78 is 4.23. The summed E-state index contributed by atoms with van der Waals surface area (Å²) in [6, 6.07) is 10.7. The van der Waals surface area contributed by atoms with Gasteiger partial charge in [-0.2, -0.15) is 5.10 Å². The highest BCUT2D eigenvalue weighted by molar-refractivity contribution is 5.33. The molecule has 7 nitrogen and oxygen atoms in total. The first-order valence-corrected chi connectivity index (χ1v) is 9.81. The Morgan fingerprint density at radius 1 is 1.04 bits per heavy atom. The predicted octanol–water partition coefficient (Wildman–Crippen LogP) is 1.95. The lowest BCUT2D eigenvalue weighted by molar-refractivity contribution is 0.199. The van der Waals surface area contributed by atoms with Crippen LogP contribution in [0.1, 0.15) is 36.0 Å². The number of rotatable bonds is 4. The van der Waals surface area contributed by atoms with E-state index in [0.29, 0.717) is 5.92 Å². The normalized spacial score (nSPS) is 18.5. The third-order valence-corrected chi connectivity index (χ3v) is 5.72. The first-order valence-electron chi connectivity index (χ1n) is 9.81. The van der Waals surface area contributed by atoms with Crippen molar-refractivity contribution < 1.29 is 0 Å². The molecule has 0 amide bonds. The van der Waals surface area contributed by atoms with Gasteiger partial charge in [0.15, 0.2) is 0 Å². The van der Waals surface area contributed by atoms with Crippen LogP contribution in [0, 0.1) is 0 Å². The van der Waals surface area contributed by atoms with Crippen LogP contribution in [0.4, 0.5) is 0 Å². The second-order valence-electron chi connectivity index (χ2n) is 7.47. The molecule has 2 aromatic heterocycles. The summed E-state index contributed by atoms with van der Waals surface area (Å²) in [5, 5.41) is 16.5. The zero-order valence-electron chi connectivity index (χ0n) is 15.5. The average molecular weight is 363 g/mol. The van der Waals surface area contributed by atoms with Gasteiger partial charge in [-0.15, -0.1) is 10.2 Å². The van der Waals surface area contributed by atoms with E-state index in [4.69, 9.17) is 0 Å². The maximum absolute atomic E-state index is 4.51. The smallest absolute Gasteiger partial charge is 0.147 e. The SMILES string of the molecule is c1cnn(-c2ccc(CN3CCC(c4nnc5n4CCNC5)CC3)cc2)c1. The average Bonchev–Trinajstić information content (AvgIpc) is 3.39. The van der Waals surface area contributed by atoms with E-state index in [-0.39, 0.29) is 0 Å². The molecule has 0 unspecified atom stereocenters. The maximum Gasteiger partial charge on any atom is 0.147 e. The molecule has 4 heterocycles. The van der Waals surface area contributed by atoms with Gasteiger partial charge < -0.3 is 9.88 Å². The minimum atomic E-state index is 0.544. The van der Waals surface area contributed by atoms with Crippen molar-refractivity contribution >= 4 is 0 Å². The largest absolute Gasteiger partial charge is 0.312 e. The highest BCUT2D eigenvalue weighted by atomic mass is 15.3. The zero-order chi connectivity index (χ0) is 18.1. The quantitative estimate of drug-likeness (QED) is 0.768. The van der Waals surface area contributed by atoms with Crippen LogP contribution in [-0.2, 0) is 19.6 Å². The minimum absolute atomic E-state index is 0.544. The molecule has 140 valence electrons. The molecule has 1 saturated heterocycles. The molecule has 5 rings (SSSR count). The number of hydrogen-bond acceptors (Lipinski definition) is 5. The summed E-state index contributed by atoms with van der Waals surface area (Å²) in [5.41, 5.74) is 2.46. The Balaban J connectivity index is 1.19. The van der Waals surface area contributed by atoms with E-state index in [1.807, 2.05) is 16.9 Å². The molecule has 2 aliphatic heterocycles. The second-order valence-corrected chi connectivity index (χ2v) is 7.47. The summed E-state index contributed by atoms with van der Waals surface area (Å²) in [5.74, 6) is 2.84. The van der Waals surface area contributed by atoms with E-state index in [1.54, 1.807) is 6.20 Å². The Labute approximate surface area is 159 Å². The van der Waals surface area contributed by atoms with Crippen molar-refractivity contribution in [2.75, 3.05) is 19.6 Å². The lowest BCUT2D eigenvalue weighted by Gasteiger charge is -2.32. The highest BCUT2D eigenvalue weighted by Gasteiger charge is 2.26. The van der Waals surface area contributed by atoms with Gasteiger partial charge in [0.2, 0.25) is 0 Å². The molecule has 3 aromatic rings.